The third kappa shape index (κ3) is 4.75. The van der Waals surface area contributed by atoms with Gasteiger partial charge in [-0.1, -0.05) is 12.1 Å². The fourth-order valence-corrected chi connectivity index (χ4v) is 2.78. The van der Waals surface area contributed by atoms with Crippen molar-refractivity contribution in [2.75, 3.05) is 17.1 Å². The van der Waals surface area contributed by atoms with Crippen molar-refractivity contribution in [3.8, 4) is 0 Å². The van der Waals surface area contributed by atoms with Crippen LogP contribution in [0.4, 0.5) is 10.1 Å². The van der Waals surface area contributed by atoms with Crippen LogP contribution in [0.25, 0.3) is 0 Å². The van der Waals surface area contributed by atoms with Crippen molar-refractivity contribution in [1.82, 2.24) is 10.3 Å². The van der Waals surface area contributed by atoms with Gasteiger partial charge in [0, 0.05) is 18.9 Å². The van der Waals surface area contributed by atoms with Crippen molar-refractivity contribution in [2.45, 2.75) is 6.54 Å². The van der Waals surface area contributed by atoms with Crippen LogP contribution in [-0.4, -0.2) is 32.1 Å². The maximum absolute atomic E-state index is 13.8. The number of hydrogen-bond acceptors (Lipinski definition) is 4. The lowest BCUT2D eigenvalue weighted by Gasteiger charge is -2.22. The second-order valence-electron chi connectivity index (χ2n) is 4.85. The lowest BCUT2D eigenvalue weighted by atomic mass is 10.2. The number of benzene rings is 1. The zero-order valence-corrected chi connectivity index (χ0v) is 13.3. The first-order chi connectivity index (χ1) is 10.9. The maximum Gasteiger partial charge on any atom is 0.241 e. The molecule has 1 aromatic carbocycles. The van der Waals surface area contributed by atoms with E-state index >= 15 is 0 Å². The van der Waals surface area contributed by atoms with E-state index in [4.69, 9.17) is 0 Å². The summed E-state index contributed by atoms with van der Waals surface area (Å²) in [6.07, 6.45) is 4.10. The molecule has 6 nitrogen and oxygen atoms in total. The molecular formula is C15H16FN3O3S. The molecule has 0 unspecified atom stereocenters. The van der Waals surface area contributed by atoms with Crippen molar-refractivity contribution < 1.29 is 17.6 Å². The van der Waals surface area contributed by atoms with Crippen molar-refractivity contribution in [3.63, 3.8) is 0 Å². The first kappa shape index (κ1) is 16.9. The largest absolute Gasteiger partial charge is 0.350 e. The SMILES string of the molecule is CS(=O)(=O)N(CC(=O)NCc1ccncc1)c1ccccc1F. The van der Waals surface area contributed by atoms with E-state index in [-0.39, 0.29) is 12.2 Å². The molecule has 2 rings (SSSR count). The number of carbonyl (C=O) groups excluding carboxylic acids is 1. The summed E-state index contributed by atoms with van der Waals surface area (Å²) in [7, 11) is -3.80. The highest BCUT2D eigenvalue weighted by Crippen LogP contribution is 2.20. The van der Waals surface area contributed by atoms with Crippen LogP contribution in [0.15, 0.2) is 48.8 Å². The number of amides is 1. The summed E-state index contributed by atoms with van der Waals surface area (Å²) in [5.41, 5.74) is 0.666. The minimum atomic E-state index is -3.80. The molecule has 0 aliphatic rings. The Morgan fingerprint density at radius 3 is 2.48 bits per heavy atom. The van der Waals surface area contributed by atoms with E-state index in [9.17, 15) is 17.6 Å². The zero-order chi connectivity index (χ0) is 16.9. The first-order valence-electron chi connectivity index (χ1n) is 6.76. The Balaban J connectivity index is 2.10. The molecule has 1 amide bonds. The minimum absolute atomic E-state index is 0.158. The molecule has 0 atom stereocenters. The topological polar surface area (TPSA) is 79.4 Å². The second-order valence-corrected chi connectivity index (χ2v) is 6.76. The van der Waals surface area contributed by atoms with Crippen LogP contribution in [0.5, 0.6) is 0 Å². The Morgan fingerprint density at radius 1 is 1.22 bits per heavy atom. The normalized spacial score (nSPS) is 11.0. The number of hydrogen-bond donors (Lipinski definition) is 1. The van der Waals surface area contributed by atoms with Crippen molar-refractivity contribution in [1.29, 1.82) is 0 Å². The van der Waals surface area contributed by atoms with Crippen LogP contribution < -0.4 is 9.62 Å². The van der Waals surface area contributed by atoms with Gasteiger partial charge in [-0.25, -0.2) is 12.8 Å². The second kappa shape index (κ2) is 7.19. The summed E-state index contributed by atoms with van der Waals surface area (Å²) < 4.78 is 38.3. The Bertz CT molecular complexity index is 782. The highest BCUT2D eigenvalue weighted by molar-refractivity contribution is 7.92. The third-order valence-corrected chi connectivity index (χ3v) is 4.17. The molecule has 0 aliphatic heterocycles. The van der Waals surface area contributed by atoms with Crippen LogP contribution in [0.2, 0.25) is 0 Å². The number of aromatic nitrogens is 1. The minimum Gasteiger partial charge on any atom is -0.350 e. The van der Waals surface area contributed by atoms with Gasteiger partial charge in [-0.15, -0.1) is 0 Å². The van der Waals surface area contributed by atoms with Gasteiger partial charge in [0.2, 0.25) is 15.9 Å². The molecule has 0 radical (unpaired) electrons. The summed E-state index contributed by atoms with van der Waals surface area (Å²) in [6, 6.07) is 8.86. The van der Waals surface area contributed by atoms with Gasteiger partial charge in [-0.2, -0.15) is 0 Å². The van der Waals surface area contributed by atoms with Crippen LogP contribution in [-0.2, 0) is 21.4 Å². The first-order valence-corrected chi connectivity index (χ1v) is 8.60. The average Bonchev–Trinajstić information content (AvgIpc) is 2.51. The van der Waals surface area contributed by atoms with Gasteiger partial charge in [0.05, 0.1) is 11.9 Å². The Hall–Kier alpha value is -2.48. The van der Waals surface area contributed by atoms with Crippen LogP contribution in [0.3, 0.4) is 0 Å². The van der Waals surface area contributed by atoms with E-state index in [1.165, 1.54) is 18.2 Å². The zero-order valence-electron chi connectivity index (χ0n) is 12.4. The van der Waals surface area contributed by atoms with Gasteiger partial charge < -0.3 is 5.32 Å². The van der Waals surface area contributed by atoms with Gasteiger partial charge in [-0.3, -0.25) is 14.1 Å². The fraction of sp³-hybridized carbons (Fsp3) is 0.200. The Morgan fingerprint density at radius 2 is 1.87 bits per heavy atom. The van der Waals surface area contributed by atoms with Gasteiger partial charge >= 0.3 is 0 Å². The molecule has 8 heteroatoms. The van der Waals surface area contributed by atoms with Gasteiger partial charge in [0.1, 0.15) is 12.4 Å². The van der Waals surface area contributed by atoms with Gasteiger partial charge in [-0.05, 0) is 29.8 Å². The number of para-hydroxylation sites is 1. The molecule has 1 heterocycles. The Kier molecular flexibility index (Phi) is 5.28. The predicted molar refractivity (Wildman–Crippen MR) is 84.7 cm³/mol. The molecule has 0 spiro atoms. The maximum atomic E-state index is 13.8. The molecule has 1 N–H and O–H groups in total. The van der Waals surface area contributed by atoms with Gasteiger partial charge in [0.25, 0.3) is 0 Å². The summed E-state index contributed by atoms with van der Waals surface area (Å²) in [4.78, 5) is 15.9. The van der Waals surface area contributed by atoms with Crippen molar-refractivity contribution in [3.05, 3.63) is 60.2 Å². The highest BCUT2D eigenvalue weighted by atomic mass is 32.2. The van der Waals surface area contributed by atoms with Crippen molar-refractivity contribution >= 4 is 21.6 Å². The van der Waals surface area contributed by atoms with E-state index in [0.717, 1.165) is 22.2 Å². The van der Waals surface area contributed by atoms with Crippen LogP contribution in [0.1, 0.15) is 5.56 Å². The molecule has 122 valence electrons. The van der Waals surface area contributed by atoms with Crippen LogP contribution in [0, 0.1) is 5.82 Å². The predicted octanol–water partition coefficient (Wildman–Crippen LogP) is 1.30. The summed E-state index contributed by atoms with van der Waals surface area (Å²) in [5.74, 6) is -1.24. The van der Waals surface area contributed by atoms with E-state index in [1.54, 1.807) is 24.5 Å². The summed E-state index contributed by atoms with van der Waals surface area (Å²) >= 11 is 0. The van der Waals surface area contributed by atoms with E-state index in [1.807, 2.05) is 0 Å². The third-order valence-electron chi connectivity index (χ3n) is 3.05. The molecule has 1 aromatic heterocycles. The quantitative estimate of drug-likeness (QED) is 0.862. The number of sulfonamides is 1. The van der Waals surface area contributed by atoms with E-state index < -0.39 is 28.3 Å². The molecule has 0 fully saturated rings. The average molecular weight is 337 g/mol. The molecular weight excluding hydrogens is 321 g/mol. The smallest absolute Gasteiger partial charge is 0.241 e. The number of halogens is 1. The standard InChI is InChI=1S/C15H16FN3O3S/c1-23(21,22)19(14-5-3-2-4-13(14)16)11-15(20)18-10-12-6-8-17-9-7-12/h2-9H,10-11H2,1H3,(H,18,20). The number of rotatable bonds is 6. The Labute approximate surface area is 134 Å². The van der Waals surface area contributed by atoms with Gasteiger partial charge in [0.15, 0.2) is 0 Å². The molecule has 0 saturated heterocycles. The molecule has 23 heavy (non-hydrogen) atoms. The number of anilines is 1. The highest BCUT2D eigenvalue weighted by Gasteiger charge is 2.23. The van der Waals surface area contributed by atoms with Crippen LogP contribution >= 0.6 is 0 Å². The summed E-state index contributed by atoms with van der Waals surface area (Å²) in [5, 5.41) is 2.60. The summed E-state index contributed by atoms with van der Waals surface area (Å²) in [6.45, 7) is -0.263. The van der Waals surface area contributed by atoms with E-state index in [0.29, 0.717) is 0 Å². The number of nitrogens with zero attached hydrogens (tertiary/aromatic N) is 2. The lowest BCUT2D eigenvalue weighted by Crippen LogP contribution is -2.40. The number of pyridine rings is 1. The molecule has 0 bridgehead atoms. The lowest BCUT2D eigenvalue weighted by molar-refractivity contribution is -0.119. The monoisotopic (exact) mass is 337 g/mol. The molecule has 0 aliphatic carbocycles. The number of nitrogens with one attached hydrogen (secondary N) is 1. The molecule has 2 aromatic rings. The van der Waals surface area contributed by atoms with E-state index in [2.05, 4.69) is 10.3 Å². The molecule has 0 saturated carbocycles. The fourth-order valence-electron chi connectivity index (χ4n) is 1.92. The number of carbonyl (C=O) groups is 1. The van der Waals surface area contributed by atoms with Crippen molar-refractivity contribution in [2.24, 2.45) is 0 Å².